The summed E-state index contributed by atoms with van der Waals surface area (Å²) in [5.74, 6) is 0.619. The summed E-state index contributed by atoms with van der Waals surface area (Å²) < 4.78 is 0. The van der Waals surface area contributed by atoms with Gasteiger partial charge >= 0.3 is 0 Å². The second-order valence-corrected chi connectivity index (χ2v) is 8.81. The van der Waals surface area contributed by atoms with Crippen LogP contribution < -0.4 is 0 Å². The average molecular weight is 411 g/mol. The minimum Gasteiger partial charge on any atom is -0.508 e. The largest absolute Gasteiger partial charge is 0.508 e. The molecule has 2 aromatic rings. The van der Waals surface area contributed by atoms with Gasteiger partial charge in [0, 0.05) is 5.41 Å². The summed E-state index contributed by atoms with van der Waals surface area (Å²) >= 11 is 0. The van der Waals surface area contributed by atoms with E-state index in [1.54, 1.807) is 24.3 Å². The first kappa shape index (κ1) is 24.3. The van der Waals surface area contributed by atoms with E-state index in [2.05, 4.69) is 38.1 Å². The molecule has 0 bridgehead atoms. The van der Waals surface area contributed by atoms with Crippen LogP contribution in [0.15, 0.2) is 48.5 Å². The van der Waals surface area contributed by atoms with Gasteiger partial charge < -0.3 is 10.2 Å². The Morgan fingerprint density at radius 3 is 1.27 bits per heavy atom. The Morgan fingerprint density at radius 2 is 0.900 bits per heavy atom. The van der Waals surface area contributed by atoms with Crippen molar-refractivity contribution in [3.05, 3.63) is 59.7 Å². The Hall–Kier alpha value is -1.96. The summed E-state index contributed by atoms with van der Waals surface area (Å²) in [7, 11) is 0. The van der Waals surface area contributed by atoms with E-state index in [1.807, 2.05) is 0 Å². The molecule has 0 aromatic heterocycles. The SMILES string of the molecule is CCCCCCCCCCCCCC(CC)(c1ccc(O)cc1)c1ccc(O)cc1. The van der Waals surface area contributed by atoms with E-state index in [0.717, 1.165) is 12.8 Å². The zero-order valence-electron chi connectivity index (χ0n) is 19.2. The van der Waals surface area contributed by atoms with Gasteiger partial charge in [0.15, 0.2) is 0 Å². The lowest BCUT2D eigenvalue weighted by Crippen LogP contribution is -2.27. The third-order valence-electron chi connectivity index (χ3n) is 6.65. The maximum atomic E-state index is 9.75. The Kier molecular flexibility index (Phi) is 10.8. The molecule has 2 N–H and O–H groups in total. The predicted molar refractivity (Wildman–Crippen MR) is 128 cm³/mol. The van der Waals surface area contributed by atoms with Gasteiger partial charge in [-0.3, -0.25) is 0 Å². The van der Waals surface area contributed by atoms with Crippen LogP contribution in [0.3, 0.4) is 0 Å². The highest BCUT2D eigenvalue weighted by molar-refractivity contribution is 5.42. The van der Waals surface area contributed by atoms with Crippen molar-refractivity contribution in [3.8, 4) is 11.5 Å². The van der Waals surface area contributed by atoms with Crippen LogP contribution in [0, 0.1) is 0 Å². The number of aromatic hydroxyl groups is 2. The van der Waals surface area contributed by atoms with Gasteiger partial charge in [0.1, 0.15) is 11.5 Å². The summed E-state index contributed by atoms with van der Waals surface area (Å²) in [6.07, 6.45) is 16.9. The normalized spacial score (nSPS) is 11.7. The number of rotatable bonds is 15. The number of hydrogen-bond donors (Lipinski definition) is 2. The quantitative estimate of drug-likeness (QED) is 0.289. The molecule has 2 aromatic carbocycles. The fraction of sp³-hybridized carbons (Fsp3) is 0.571. The maximum absolute atomic E-state index is 9.75. The summed E-state index contributed by atoms with van der Waals surface area (Å²) in [5, 5.41) is 19.5. The third-order valence-corrected chi connectivity index (χ3v) is 6.65. The van der Waals surface area contributed by atoms with Gasteiger partial charge in [0.2, 0.25) is 0 Å². The van der Waals surface area contributed by atoms with E-state index in [-0.39, 0.29) is 5.41 Å². The first-order valence-corrected chi connectivity index (χ1v) is 12.2. The topological polar surface area (TPSA) is 40.5 Å². The first-order valence-electron chi connectivity index (χ1n) is 12.2. The second kappa shape index (κ2) is 13.4. The lowest BCUT2D eigenvalue weighted by molar-refractivity contribution is 0.421. The van der Waals surface area contributed by atoms with Crippen LogP contribution in [0.4, 0.5) is 0 Å². The van der Waals surface area contributed by atoms with Crippen molar-refractivity contribution in [1.82, 2.24) is 0 Å². The fourth-order valence-electron chi connectivity index (χ4n) is 4.69. The number of benzene rings is 2. The van der Waals surface area contributed by atoms with Gasteiger partial charge in [0.25, 0.3) is 0 Å². The molecule has 0 unspecified atom stereocenters. The van der Waals surface area contributed by atoms with Crippen LogP contribution in [-0.4, -0.2) is 10.2 Å². The molecule has 0 heterocycles. The molecule has 0 radical (unpaired) electrons. The summed E-state index contributed by atoms with van der Waals surface area (Å²) in [5.41, 5.74) is 2.43. The van der Waals surface area contributed by atoms with Crippen molar-refractivity contribution < 1.29 is 10.2 Å². The highest BCUT2D eigenvalue weighted by atomic mass is 16.3. The third kappa shape index (κ3) is 7.38. The molecular formula is C28H42O2. The van der Waals surface area contributed by atoms with Crippen LogP contribution in [0.5, 0.6) is 11.5 Å². The van der Waals surface area contributed by atoms with Crippen LogP contribution >= 0.6 is 0 Å². The molecule has 2 heteroatoms. The maximum Gasteiger partial charge on any atom is 0.115 e. The molecular weight excluding hydrogens is 368 g/mol. The van der Waals surface area contributed by atoms with Crippen LogP contribution in [0.25, 0.3) is 0 Å². The molecule has 30 heavy (non-hydrogen) atoms. The van der Waals surface area contributed by atoms with E-state index in [1.165, 1.54) is 81.8 Å². The molecule has 0 saturated heterocycles. The zero-order valence-corrected chi connectivity index (χ0v) is 19.2. The average Bonchev–Trinajstić information content (AvgIpc) is 2.76. The van der Waals surface area contributed by atoms with Crippen molar-refractivity contribution >= 4 is 0 Å². The number of phenols is 2. The highest BCUT2D eigenvalue weighted by Crippen LogP contribution is 2.41. The van der Waals surface area contributed by atoms with Gasteiger partial charge in [-0.25, -0.2) is 0 Å². The van der Waals surface area contributed by atoms with Crippen molar-refractivity contribution in [1.29, 1.82) is 0 Å². The molecule has 0 aliphatic heterocycles. The molecule has 0 amide bonds. The summed E-state index contributed by atoms with van der Waals surface area (Å²) in [6.45, 7) is 4.52. The molecule has 2 rings (SSSR count). The molecule has 0 aliphatic carbocycles. The smallest absolute Gasteiger partial charge is 0.115 e. The van der Waals surface area contributed by atoms with E-state index in [9.17, 15) is 10.2 Å². The minimum absolute atomic E-state index is 0.0688. The minimum atomic E-state index is -0.0688. The van der Waals surface area contributed by atoms with Crippen LogP contribution in [0.2, 0.25) is 0 Å². The van der Waals surface area contributed by atoms with Crippen LogP contribution in [0.1, 0.15) is 108 Å². The van der Waals surface area contributed by atoms with Gasteiger partial charge in [-0.2, -0.15) is 0 Å². The Morgan fingerprint density at radius 1 is 0.533 bits per heavy atom. The lowest BCUT2D eigenvalue weighted by Gasteiger charge is -2.34. The van der Waals surface area contributed by atoms with Crippen molar-refractivity contribution in [2.24, 2.45) is 0 Å². The van der Waals surface area contributed by atoms with E-state index in [4.69, 9.17) is 0 Å². The lowest BCUT2D eigenvalue weighted by atomic mass is 9.69. The van der Waals surface area contributed by atoms with Gasteiger partial charge in [-0.15, -0.1) is 0 Å². The number of unbranched alkanes of at least 4 members (excludes halogenated alkanes) is 10. The summed E-state index contributed by atoms with van der Waals surface area (Å²) in [4.78, 5) is 0. The Balaban J connectivity index is 1.88. The van der Waals surface area contributed by atoms with Gasteiger partial charge in [0.05, 0.1) is 0 Å². The fourth-order valence-corrected chi connectivity index (χ4v) is 4.69. The molecule has 0 saturated carbocycles. The van der Waals surface area contributed by atoms with Crippen molar-refractivity contribution in [2.75, 3.05) is 0 Å². The number of phenolic OH excluding ortho intramolecular Hbond substituents is 2. The monoisotopic (exact) mass is 410 g/mol. The van der Waals surface area contributed by atoms with Gasteiger partial charge in [-0.05, 0) is 48.2 Å². The van der Waals surface area contributed by atoms with E-state index < -0.39 is 0 Å². The second-order valence-electron chi connectivity index (χ2n) is 8.81. The standard InChI is InChI=1S/C28H42O2/c1-3-5-6-7-8-9-10-11-12-13-14-23-28(4-2,24-15-19-26(29)20-16-24)25-17-21-27(30)22-18-25/h15-22,29-30H,3-14,23H2,1-2H3. The van der Waals surface area contributed by atoms with Crippen molar-refractivity contribution in [3.63, 3.8) is 0 Å². The van der Waals surface area contributed by atoms with Gasteiger partial charge in [-0.1, -0.05) is 109 Å². The highest BCUT2D eigenvalue weighted by Gasteiger charge is 2.32. The number of hydrogen-bond acceptors (Lipinski definition) is 2. The molecule has 0 spiro atoms. The van der Waals surface area contributed by atoms with Crippen LogP contribution in [-0.2, 0) is 5.41 Å². The molecule has 0 aliphatic rings. The zero-order chi connectivity index (χ0) is 21.7. The molecule has 2 nitrogen and oxygen atoms in total. The van der Waals surface area contributed by atoms with E-state index >= 15 is 0 Å². The summed E-state index contributed by atoms with van der Waals surface area (Å²) in [6, 6.07) is 15.4. The Labute approximate surface area is 184 Å². The van der Waals surface area contributed by atoms with Crippen molar-refractivity contribution in [2.45, 2.75) is 103 Å². The first-order chi connectivity index (χ1) is 14.6. The predicted octanol–water partition coefficient (Wildman–Crippen LogP) is 8.50. The molecule has 0 atom stereocenters. The molecule has 166 valence electrons. The molecule has 0 fully saturated rings. The Bertz CT molecular complexity index is 642. The van der Waals surface area contributed by atoms with E-state index in [0.29, 0.717) is 11.5 Å².